The first kappa shape index (κ1) is 5.76. The van der Waals surface area contributed by atoms with Gasteiger partial charge in [0.25, 0.3) is 0 Å². The molecule has 2 heteroatoms. The Morgan fingerprint density at radius 1 is 1.62 bits per heavy atom. The standard InChI is InChI=1S/C6H11NO/c8-5-4-7-6-2-1-3-6/h5-7H,1-4H2. The number of carbonyl (C=O) groups is 1. The van der Waals surface area contributed by atoms with Gasteiger partial charge in [0.1, 0.15) is 6.29 Å². The van der Waals surface area contributed by atoms with Gasteiger partial charge in [0.2, 0.25) is 0 Å². The lowest BCUT2D eigenvalue weighted by Gasteiger charge is -2.25. The Morgan fingerprint density at radius 3 is 2.75 bits per heavy atom. The van der Waals surface area contributed by atoms with Crippen LogP contribution < -0.4 is 5.32 Å². The van der Waals surface area contributed by atoms with Gasteiger partial charge in [0.05, 0.1) is 6.54 Å². The maximum atomic E-state index is 9.79. The molecule has 1 aliphatic carbocycles. The Balaban J connectivity index is 1.93. The predicted molar refractivity (Wildman–Crippen MR) is 31.7 cm³/mol. The van der Waals surface area contributed by atoms with Crippen LogP contribution in [0.15, 0.2) is 0 Å². The molecule has 0 aromatic carbocycles. The number of aldehydes is 1. The third-order valence-corrected chi connectivity index (χ3v) is 1.60. The van der Waals surface area contributed by atoms with Gasteiger partial charge >= 0.3 is 0 Å². The van der Waals surface area contributed by atoms with E-state index >= 15 is 0 Å². The van der Waals surface area contributed by atoms with Crippen molar-refractivity contribution in [3.63, 3.8) is 0 Å². The van der Waals surface area contributed by atoms with Crippen molar-refractivity contribution in [1.82, 2.24) is 5.32 Å². The monoisotopic (exact) mass is 113 g/mol. The van der Waals surface area contributed by atoms with Crippen molar-refractivity contribution in [2.75, 3.05) is 6.54 Å². The first-order chi connectivity index (χ1) is 3.93. The third kappa shape index (κ3) is 1.30. The summed E-state index contributed by atoms with van der Waals surface area (Å²) < 4.78 is 0. The van der Waals surface area contributed by atoms with E-state index in [1.54, 1.807) is 0 Å². The molecule has 0 saturated heterocycles. The van der Waals surface area contributed by atoms with Crippen LogP contribution in [0, 0.1) is 0 Å². The lowest BCUT2D eigenvalue weighted by atomic mass is 9.93. The van der Waals surface area contributed by atoms with E-state index in [9.17, 15) is 4.79 Å². The lowest BCUT2D eigenvalue weighted by Crippen LogP contribution is -2.35. The highest BCUT2D eigenvalue weighted by atomic mass is 16.1. The van der Waals surface area contributed by atoms with Crippen molar-refractivity contribution < 1.29 is 4.79 Å². The average molecular weight is 113 g/mol. The third-order valence-electron chi connectivity index (χ3n) is 1.60. The average Bonchev–Trinajstić information content (AvgIpc) is 1.63. The fraction of sp³-hybridized carbons (Fsp3) is 0.833. The second kappa shape index (κ2) is 2.82. The van der Waals surface area contributed by atoms with Crippen molar-refractivity contribution in [2.45, 2.75) is 25.3 Å². The van der Waals surface area contributed by atoms with Gasteiger partial charge in [-0.2, -0.15) is 0 Å². The van der Waals surface area contributed by atoms with Gasteiger partial charge in [-0.15, -0.1) is 0 Å². The molecule has 1 rings (SSSR count). The van der Waals surface area contributed by atoms with Crippen LogP contribution in [0.25, 0.3) is 0 Å². The second-order valence-corrected chi connectivity index (χ2v) is 2.20. The van der Waals surface area contributed by atoms with E-state index in [-0.39, 0.29) is 0 Å². The Bertz CT molecular complexity index is 78.6. The van der Waals surface area contributed by atoms with Gasteiger partial charge in [-0.1, -0.05) is 6.42 Å². The Labute approximate surface area is 49.3 Å². The van der Waals surface area contributed by atoms with E-state index in [2.05, 4.69) is 5.32 Å². The lowest BCUT2D eigenvalue weighted by molar-refractivity contribution is -0.107. The van der Waals surface area contributed by atoms with Crippen LogP contribution in [0.5, 0.6) is 0 Å². The summed E-state index contributed by atoms with van der Waals surface area (Å²) in [7, 11) is 0. The molecule has 1 saturated carbocycles. The van der Waals surface area contributed by atoms with E-state index < -0.39 is 0 Å². The molecule has 0 aliphatic heterocycles. The number of hydrogen-bond donors (Lipinski definition) is 1. The van der Waals surface area contributed by atoms with E-state index in [0.717, 1.165) is 6.29 Å². The summed E-state index contributed by atoms with van der Waals surface area (Å²) in [6.07, 6.45) is 4.76. The van der Waals surface area contributed by atoms with Gasteiger partial charge in [-0.05, 0) is 12.8 Å². The topological polar surface area (TPSA) is 29.1 Å². The summed E-state index contributed by atoms with van der Waals surface area (Å²) in [6, 6.07) is 0.653. The maximum Gasteiger partial charge on any atom is 0.133 e. The molecule has 1 aliphatic rings. The summed E-state index contributed by atoms with van der Waals surface area (Å²) >= 11 is 0. The molecule has 1 N–H and O–H groups in total. The van der Waals surface area contributed by atoms with Gasteiger partial charge in [0, 0.05) is 6.04 Å². The first-order valence-electron chi connectivity index (χ1n) is 3.10. The molecule has 1 fully saturated rings. The number of rotatable bonds is 3. The van der Waals surface area contributed by atoms with Crippen LogP contribution in [0.3, 0.4) is 0 Å². The highest BCUT2D eigenvalue weighted by Gasteiger charge is 2.14. The van der Waals surface area contributed by atoms with Crippen LogP contribution >= 0.6 is 0 Å². The summed E-state index contributed by atoms with van der Waals surface area (Å²) in [5.74, 6) is 0. The van der Waals surface area contributed by atoms with Crippen LogP contribution in [0.4, 0.5) is 0 Å². The zero-order chi connectivity index (χ0) is 5.82. The Hall–Kier alpha value is -0.370. The van der Waals surface area contributed by atoms with Crippen molar-refractivity contribution in [3.05, 3.63) is 0 Å². The largest absolute Gasteiger partial charge is 0.307 e. The minimum absolute atomic E-state index is 0.532. The van der Waals surface area contributed by atoms with Crippen molar-refractivity contribution >= 4 is 6.29 Å². The molecule has 0 atom stereocenters. The summed E-state index contributed by atoms with van der Waals surface area (Å²) in [5.41, 5.74) is 0. The molecular weight excluding hydrogens is 102 g/mol. The Morgan fingerprint density at radius 2 is 2.38 bits per heavy atom. The highest BCUT2D eigenvalue weighted by molar-refractivity contribution is 5.51. The number of nitrogens with one attached hydrogen (secondary N) is 1. The number of carbonyl (C=O) groups excluding carboxylic acids is 1. The summed E-state index contributed by atoms with van der Waals surface area (Å²) in [4.78, 5) is 9.79. The van der Waals surface area contributed by atoms with Crippen LogP contribution in [-0.2, 0) is 4.79 Å². The minimum Gasteiger partial charge on any atom is -0.307 e. The second-order valence-electron chi connectivity index (χ2n) is 2.20. The van der Waals surface area contributed by atoms with Crippen molar-refractivity contribution in [3.8, 4) is 0 Å². The zero-order valence-electron chi connectivity index (χ0n) is 4.89. The molecule has 0 aromatic heterocycles. The zero-order valence-corrected chi connectivity index (χ0v) is 4.89. The van der Waals surface area contributed by atoms with Gasteiger partial charge in [-0.3, -0.25) is 0 Å². The van der Waals surface area contributed by atoms with Gasteiger partial charge in [-0.25, -0.2) is 0 Å². The molecule has 2 nitrogen and oxygen atoms in total. The van der Waals surface area contributed by atoms with Crippen LogP contribution in [0.1, 0.15) is 19.3 Å². The molecule has 0 heterocycles. The Kier molecular flexibility index (Phi) is 2.03. The molecule has 0 aromatic rings. The predicted octanol–water partition coefficient (Wildman–Crippen LogP) is 0.327. The molecule has 0 unspecified atom stereocenters. The van der Waals surface area contributed by atoms with Crippen LogP contribution in [-0.4, -0.2) is 18.9 Å². The quantitative estimate of drug-likeness (QED) is 0.534. The first-order valence-corrected chi connectivity index (χ1v) is 3.10. The maximum absolute atomic E-state index is 9.79. The molecule has 0 amide bonds. The van der Waals surface area contributed by atoms with Crippen molar-refractivity contribution in [1.29, 1.82) is 0 Å². The molecule has 46 valence electrons. The molecule has 0 bridgehead atoms. The fourth-order valence-electron chi connectivity index (χ4n) is 0.827. The van der Waals surface area contributed by atoms with E-state index in [0.29, 0.717) is 12.6 Å². The summed E-state index contributed by atoms with van der Waals surface area (Å²) in [5, 5.41) is 3.10. The van der Waals surface area contributed by atoms with Crippen LogP contribution in [0.2, 0.25) is 0 Å². The van der Waals surface area contributed by atoms with Gasteiger partial charge in [0.15, 0.2) is 0 Å². The molecule has 0 radical (unpaired) electrons. The van der Waals surface area contributed by atoms with E-state index in [4.69, 9.17) is 0 Å². The smallest absolute Gasteiger partial charge is 0.133 e. The minimum atomic E-state index is 0.532. The normalized spacial score (nSPS) is 20.0. The van der Waals surface area contributed by atoms with E-state index in [1.165, 1.54) is 19.3 Å². The molecular formula is C6H11NO. The highest BCUT2D eigenvalue weighted by Crippen LogP contribution is 2.17. The fourth-order valence-corrected chi connectivity index (χ4v) is 0.827. The van der Waals surface area contributed by atoms with Crippen molar-refractivity contribution in [2.24, 2.45) is 0 Å². The SMILES string of the molecule is O=CCNC1CCC1. The summed E-state index contributed by atoms with van der Waals surface area (Å²) in [6.45, 7) is 0.532. The van der Waals surface area contributed by atoms with E-state index in [1.807, 2.05) is 0 Å². The molecule has 0 spiro atoms. The number of hydrogen-bond acceptors (Lipinski definition) is 2. The molecule has 8 heavy (non-hydrogen) atoms. The van der Waals surface area contributed by atoms with Gasteiger partial charge < -0.3 is 10.1 Å².